The van der Waals surface area contributed by atoms with Crippen molar-refractivity contribution < 1.29 is 4.42 Å². The average Bonchev–Trinajstić information content (AvgIpc) is 2.39. The van der Waals surface area contributed by atoms with E-state index in [4.69, 9.17) is 16.0 Å². The van der Waals surface area contributed by atoms with E-state index < -0.39 is 0 Å². The van der Waals surface area contributed by atoms with Crippen molar-refractivity contribution in [3.63, 3.8) is 0 Å². The second-order valence-electron chi connectivity index (χ2n) is 3.83. The molecule has 3 nitrogen and oxygen atoms in total. The van der Waals surface area contributed by atoms with Crippen LogP contribution in [0.25, 0.3) is 22.4 Å². The van der Waals surface area contributed by atoms with Gasteiger partial charge in [-0.25, -0.2) is 9.78 Å². The summed E-state index contributed by atoms with van der Waals surface area (Å²) in [7, 11) is 0. The van der Waals surface area contributed by atoms with Crippen molar-refractivity contribution >= 4 is 22.5 Å². The van der Waals surface area contributed by atoms with Gasteiger partial charge in [-0.3, -0.25) is 0 Å². The molecule has 0 amide bonds. The molecule has 3 aromatic rings. The molecule has 1 heterocycles. The molecule has 0 radical (unpaired) electrons. The van der Waals surface area contributed by atoms with Crippen LogP contribution in [-0.2, 0) is 0 Å². The Morgan fingerprint density at radius 2 is 1.72 bits per heavy atom. The monoisotopic (exact) mass is 257 g/mol. The van der Waals surface area contributed by atoms with E-state index in [9.17, 15) is 4.79 Å². The first kappa shape index (κ1) is 11.0. The molecule has 0 saturated carbocycles. The normalized spacial score (nSPS) is 10.7. The fourth-order valence-electron chi connectivity index (χ4n) is 1.73. The second kappa shape index (κ2) is 4.27. The summed E-state index contributed by atoms with van der Waals surface area (Å²) >= 11 is 5.81. The smallest absolute Gasteiger partial charge is 0.347 e. The molecule has 0 aliphatic carbocycles. The minimum Gasteiger partial charge on any atom is -0.403 e. The number of rotatable bonds is 1. The Kier molecular flexibility index (Phi) is 2.61. The summed E-state index contributed by atoms with van der Waals surface area (Å²) in [4.78, 5) is 16.1. The molecule has 0 aliphatic heterocycles. The van der Waals surface area contributed by atoms with Gasteiger partial charge in [0.2, 0.25) is 5.89 Å². The molecule has 4 heteroatoms. The van der Waals surface area contributed by atoms with Gasteiger partial charge in [0.15, 0.2) is 0 Å². The van der Waals surface area contributed by atoms with Crippen molar-refractivity contribution in [1.82, 2.24) is 4.98 Å². The summed E-state index contributed by atoms with van der Waals surface area (Å²) in [6.45, 7) is 0. The highest BCUT2D eigenvalue weighted by atomic mass is 35.5. The summed E-state index contributed by atoms with van der Waals surface area (Å²) in [6, 6.07) is 14.1. The molecule has 88 valence electrons. The standard InChI is InChI=1S/C14H8ClNO2/c15-10-7-5-9(6-8-10)13-16-12-4-2-1-3-11(12)14(17)18-13/h1-8H. The third-order valence-electron chi connectivity index (χ3n) is 2.63. The minimum atomic E-state index is -0.384. The number of nitrogens with zero attached hydrogens (tertiary/aromatic N) is 1. The highest BCUT2D eigenvalue weighted by molar-refractivity contribution is 6.30. The van der Waals surface area contributed by atoms with Gasteiger partial charge < -0.3 is 4.42 Å². The second-order valence-corrected chi connectivity index (χ2v) is 4.27. The summed E-state index contributed by atoms with van der Waals surface area (Å²) in [6.07, 6.45) is 0. The molecule has 1 aromatic heterocycles. The molecule has 0 spiro atoms. The lowest BCUT2D eigenvalue weighted by Crippen LogP contribution is -2.02. The van der Waals surface area contributed by atoms with Crippen LogP contribution in [0.1, 0.15) is 0 Å². The van der Waals surface area contributed by atoms with Gasteiger partial charge in [-0.05, 0) is 36.4 Å². The van der Waals surface area contributed by atoms with Gasteiger partial charge in [0.05, 0.1) is 10.9 Å². The Balaban J connectivity index is 2.24. The fourth-order valence-corrected chi connectivity index (χ4v) is 1.86. The Hall–Kier alpha value is -2.13. The molecule has 2 aromatic carbocycles. The first-order chi connectivity index (χ1) is 8.74. The number of para-hydroxylation sites is 1. The van der Waals surface area contributed by atoms with Crippen molar-refractivity contribution in [2.45, 2.75) is 0 Å². The zero-order valence-electron chi connectivity index (χ0n) is 9.26. The number of hydrogen-bond donors (Lipinski definition) is 0. The maximum atomic E-state index is 11.8. The number of benzene rings is 2. The molecule has 0 bridgehead atoms. The molecule has 0 aliphatic rings. The number of halogens is 1. The van der Waals surface area contributed by atoms with E-state index in [-0.39, 0.29) is 5.63 Å². The maximum absolute atomic E-state index is 11.8. The first-order valence-electron chi connectivity index (χ1n) is 5.40. The topological polar surface area (TPSA) is 43.1 Å². The molecule has 0 atom stereocenters. The minimum absolute atomic E-state index is 0.301. The van der Waals surface area contributed by atoms with Gasteiger partial charge in [0.1, 0.15) is 0 Å². The molecular weight excluding hydrogens is 250 g/mol. The number of hydrogen-bond acceptors (Lipinski definition) is 3. The highest BCUT2D eigenvalue weighted by Crippen LogP contribution is 2.20. The van der Waals surface area contributed by atoms with Crippen LogP contribution in [0, 0.1) is 0 Å². The van der Waals surface area contributed by atoms with Crippen molar-refractivity contribution in [1.29, 1.82) is 0 Å². The van der Waals surface area contributed by atoms with Crippen LogP contribution in [-0.4, -0.2) is 4.98 Å². The van der Waals surface area contributed by atoms with Crippen LogP contribution in [0.3, 0.4) is 0 Å². The van der Waals surface area contributed by atoms with E-state index in [0.717, 1.165) is 5.56 Å². The van der Waals surface area contributed by atoms with E-state index in [2.05, 4.69) is 4.98 Å². The van der Waals surface area contributed by atoms with E-state index >= 15 is 0 Å². The Morgan fingerprint density at radius 1 is 1.00 bits per heavy atom. The third-order valence-corrected chi connectivity index (χ3v) is 2.88. The molecule has 0 fully saturated rings. The van der Waals surface area contributed by atoms with Crippen LogP contribution in [0.5, 0.6) is 0 Å². The highest BCUT2D eigenvalue weighted by Gasteiger charge is 2.07. The van der Waals surface area contributed by atoms with Crippen molar-refractivity contribution in [2.24, 2.45) is 0 Å². The molecule has 18 heavy (non-hydrogen) atoms. The Labute approximate surface area is 108 Å². The summed E-state index contributed by atoms with van der Waals surface area (Å²) in [5, 5.41) is 1.11. The van der Waals surface area contributed by atoms with Crippen LogP contribution >= 0.6 is 11.6 Å². The van der Waals surface area contributed by atoms with Crippen molar-refractivity contribution in [2.75, 3.05) is 0 Å². The van der Waals surface area contributed by atoms with Crippen LogP contribution in [0.15, 0.2) is 57.7 Å². The van der Waals surface area contributed by atoms with Crippen LogP contribution in [0.2, 0.25) is 5.02 Å². The Morgan fingerprint density at radius 3 is 2.50 bits per heavy atom. The van der Waals surface area contributed by atoms with E-state index in [1.54, 1.807) is 42.5 Å². The Bertz CT molecular complexity index is 763. The van der Waals surface area contributed by atoms with Crippen LogP contribution in [0.4, 0.5) is 0 Å². The zero-order valence-corrected chi connectivity index (χ0v) is 10.0. The molecule has 0 N–H and O–H groups in total. The van der Waals surface area contributed by atoms with Crippen molar-refractivity contribution in [3.05, 3.63) is 64.0 Å². The van der Waals surface area contributed by atoms with E-state index in [0.29, 0.717) is 21.8 Å². The summed E-state index contributed by atoms with van der Waals surface area (Å²) < 4.78 is 5.21. The predicted octanol–water partition coefficient (Wildman–Crippen LogP) is 3.51. The molecular formula is C14H8ClNO2. The molecule has 0 unspecified atom stereocenters. The van der Waals surface area contributed by atoms with Gasteiger partial charge in [0, 0.05) is 10.6 Å². The van der Waals surface area contributed by atoms with Gasteiger partial charge in [-0.2, -0.15) is 0 Å². The SMILES string of the molecule is O=c1oc(-c2ccc(Cl)cc2)nc2ccccc12. The average molecular weight is 258 g/mol. The largest absolute Gasteiger partial charge is 0.403 e. The van der Waals surface area contributed by atoms with Gasteiger partial charge in [0.25, 0.3) is 0 Å². The molecule has 3 rings (SSSR count). The lowest BCUT2D eigenvalue weighted by molar-refractivity contribution is 0.518. The lowest BCUT2D eigenvalue weighted by atomic mass is 10.2. The van der Waals surface area contributed by atoms with E-state index in [1.807, 2.05) is 6.07 Å². The van der Waals surface area contributed by atoms with Crippen molar-refractivity contribution in [3.8, 4) is 11.5 Å². The summed E-state index contributed by atoms with van der Waals surface area (Å²) in [5.74, 6) is 0.301. The fraction of sp³-hybridized carbons (Fsp3) is 0. The van der Waals surface area contributed by atoms with Gasteiger partial charge in [-0.1, -0.05) is 23.7 Å². The number of fused-ring (bicyclic) bond motifs is 1. The van der Waals surface area contributed by atoms with Gasteiger partial charge in [-0.15, -0.1) is 0 Å². The van der Waals surface area contributed by atoms with E-state index in [1.165, 1.54) is 0 Å². The summed E-state index contributed by atoms with van der Waals surface area (Å²) in [5.41, 5.74) is 0.964. The molecule has 0 saturated heterocycles. The first-order valence-corrected chi connectivity index (χ1v) is 5.78. The maximum Gasteiger partial charge on any atom is 0.347 e. The number of aromatic nitrogens is 1. The third kappa shape index (κ3) is 1.89. The lowest BCUT2D eigenvalue weighted by Gasteiger charge is -2.01. The zero-order chi connectivity index (χ0) is 12.5. The predicted molar refractivity (Wildman–Crippen MR) is 70.7 cm³/mol. The van der Waals surface area contributed by atoms with Gasteiger partial charge >= 0.3 is 5.63 Å². The van der Waals surface area contributed by atoms with Crippen LogP contribution < -0.4 is 5.63 Å². The quantitative estimate of drug-likeness (QED) is 0.670.